The van der Waals surface area contributed by atoms with E-state index >= 15 is 0 Å². The SMILES string of the molecule is CCOc1ccc2oc(C(=O)O[C@@H](C)C(=O)N(C)Cc3ccccc3)c(C)c2c1. The van der Waals surface area contributed by atoms with Crippen LogP contribution in [0.4, 0.5) is 0 Å². The first-order valence-electron chi connectivity index (χ1n) is 9.56. The zero-order chi connectivity index (χ0) is 21.0. The highest BCUT2D eigenvalue weighted by molar-refractivity contribution is 5.97. The monoisotopic (exact) mass is 395 g/mol. The molecule has 0 saturated heterocycles. The number of aryl methyl sites for hydroxylation is 1. The number of ether oxygens (including phenoxy) is 2. The van der Waals surface area contributed by atoms with Crippen LogP contribution in [0.15, 0.2) is 52.9 Å². The van der Waals surface area contributed by atoms with Gasteiger partial charge in [-0.25, -0.2) is 4.79 Å². The maximum absolute atomic E-state index is 12.6. The Labute approximate surface area is 170 Å². The van der Waals surface area contributed by atoms with Gasteiger partial charge >= 0.3 is 5.97 Å². The normalized spacial score (nSPS) is 11.9. The van der Waals surface area contributed by atoms with Crippen LogP contribution in [0, 0.1) is 6.92 Å². The average molecular weight is 395 g/mol. The smallest absolute Gasteiger partial charge is 0.375 e. The topological polar surface area (TPSA) is 69.0 Å². The largest absolute Gasteiger partial charge is 0.494 e. The molecule has 1 amide bonds. The van der Waals surface area contributed by atoms with Gasteiger partial charge in [-0.2, -0.15) is 0 Å². The zero-order valence-corrected chi connectivity index (χ0v) is 17.1. The Bertz CT molecular complexity index is 1010. The number of likely N-dealkylation sites (N-methyl/N-ethyl adjacent to an activating group) is 1. The zero-order valence-electron chi connectivity index (χ0n) is 17.1. The van der Waals surface area contributed by atoms with Gasteiger partial charge in [-0.05, 0) is 44.5 Å². The van der Waals surface area contributed by atoms with Crippen molar-refractivity contribution >= 4 is 22.8 Å². The molecule has 6 nitrogen and oxygen atoms in total. The molecule has 152 valence electrons. The summed E-state index contributed by atoms with van der Waals surface area (Å²) in [5.41, 5.74) is 2.22. The lowest BCUT2D eigenvalue weighted by molar-refractivity contribution is -0.139. The highest BCUT2D eigenvalue weighted by Crippen LogP contribution is 2.29. The van der Waals surface area contributed by atoms with Crippen LogP contribution in [0.1, 0.15) is 35.5 Å². The Morgan fingerprint density at radius 3 is 2.55 bits per heavy atom. The summed E-state index contributed by atoms with van der Waals surface area (Å²) in [5.74, 6) is -0.144. The van der Waals surface area contributed by atoms with Crippen LogP contribution in [-0.4, -0.2) is 36.5 Å². The summed E-state index contributed by atoms with van der Waals surface area (Å²) in [5, 5.41) is 0.781. The Balaban J connectivity index is 1.70. The van der Waals surface area contributed by atoms with E-state index in [9.17, 15) is 9.59 Å². The lowest BCUT2D eigenvalue weighted by Gasteiger charge is -2.21. The fourth-order valence-electron chi connectivity index (χ4n) is 3.16. The van der Waals surface area contributed by atoms with Crippen molar-refractivity contribution in [1.29, 1.82) is 0 Å². The van der Waals surface area contributed by atoms with Crippen molar-refractivity contribution in [2.24, 2.45) is 0 Å². The lowest BCUT2D eigenvalue weighted by Crippen LogP contribution is -2.37. The minimum absolute atomic E-state index is 0.0963. The maximum atomic E-state index is 12.6. The van der Waals surface area contributed by atoms with Gasteiger partial charge < -0.3 is 18.8 Å². The molecule has 0 aliphatic heterocycles. The van der Waals surface area contributed by atoms with E-state index in [1.54, 1.807) is 33.0 Å². The average Bonchev–Trinajstić information content (AvgIpc) is 3.04. The molecule has 1 aromatic heterocycles. The summed E-state index contributed by atoms with van der Waals surface area (Å²) in [6.07, 6.45) is -0.928. The molecule has 29 heavy (non-hydrogen) atoms. The van der Waals surface area contributed by atoms with Crippen molar-refractivity contribution in [3.63, 3.8) is 0 Å². The summed E-state index contributed by atoms with van der Waals surface area (Å²) >= 11 is 0. The molecule has 0 radical (unpaired) electrons. The number of esters is 1. The minimum atomic E-state index is -0.928. The molecule has 0 unspecified atom stereocenters. The van der Waals surface area contributed by atoms with E-state index in [1.165, 1.54) is 4.90 Å². The van der Waals surface area contributed by atoms with Crippen LogP contribution in [-0.2, 0) is 16.1 Å². The van der Waals surface area contributed by atoms with Crippen molar-refractivity contribution in [3.05, 3.63) is 65.4 Å². The van der Waals surface area contributed by atoms with Crippen molar-refractivity contribution in [1.82, 2.24) is 4.90 Å². The van der Waals surface area contributed by atoms with Crippen LogP contribution in [0.3, 0.4) is 0 Å². The van der Waals surface area contributed by atoms with Crippen LogP contribution in [0.25, 0.3) is 11.0 Å². The first-order valence-corrected chi connectivity index (χ1v) is 9.56. The van der Waals surface area contributed by atoms with Gasteiger partial charge in [0.05, 0.1) is 6.61 Å². The third-order valence-corrected chi connectivity index (χ3v) is 4.67. The highest BCUT2D eigenvalue weighted by Gasteiger charge is 2.26. The summed E-state index contributed by atoms with van der Waals surface area (Å²) in [4.78, 5) is 26.7. The van der Waals surface area contributed by atoms with Crippen molar-refractivity contribution in [2.45, 2.75) is 33.4 Å². The Morgan fingerprint density at radius 1 is 1.14 bits per heavy atom. The predicted octanol–water partition coefficient (Wildman–Crippen LogP) is 4.34. The Morgan fingerprint density at radius 2 is 1.86 bits per heavy atom. The molecule has 3 aromatic rings. The van der Waals surface area contributed by atoms with Gasteiger partial charge in [0.2, 0.25) is 5.76 Å². The second kappa shape index (κ2) is 8.82. The highest BCUT2D eigenvalue weighted by atomic mass is 16.6. The van der Waals surface area contributed by atoms with E-state index < -0.39 is 12.1 Å². The van der Waals surface area contributed by atoms with Gasteiger partial charge in [-0.1, -0.05) is 30.3 Å². The third-order valence-electron chi connectivity index (χ3n) is 4.67. The van der Waals surface area contributed by atoms with Crippen molar-refractivity contribution < 1.29 is 23.5 Å². The number of amides is 1. The molecule has 0 aliphatic rings. The second-order valence-electron chi connectivity index (χ2n) is 6.87. The summed E-state index contributed by atoms with van der Waals surface area (Å²) in [6.45, 7) is 6.24. The molecule has 0 fully saturated rings. The summed E-state index contributed by atoms with van der Waals surface area (Å²) in [7, 11) is 1.68. The molecule has 0 aliphatic carbocycles. The number of hydrogen-bond acceptors (Lipinski definition) is 5. The molecule has 6 heteroatoms. The van der Waals surface area contributed by atoms with Gasteiger partial charge in [-0.3, -0.25) is 4.79 Å². The van der Waals surface area contributed by atoms with E-state index in [0.29, 0.717) is 30.0 Å². The first-order chi connectivity index (χ1) is 13.9. The summed E-state index contributed by atoms with van der Waals surface area (Å²) < 4.78 is 16.6. The van der Waals surface area contributed by atoms with E-state index in [1.807, 2.05) is 43.3 Å². The van der Waals surface area contributed by atoms with Crippen molar-refractivity contribution in [2.75, 3.05) is 13.7 Å². The van der Waals surface area contributed by atoms with Crippen LogP contribution < -0.4 is 4.74 Å². The quantitative estimate of drug-likeness (QED) is 0.557. The number of carbonyl (C=O) groups excluding carboxylic acids is 2. The Hall–Kier alpha value is -3.28. The molecule has 3 rings (SSSR count). The second-order valence-corrected chi connectivity index (χ2v) is 6.87. The standard InChI is InChI=1S/C23H25NO5/c1-5-27-18-11-12-20-19(13-18)15(2)21(29-20)23(26)28-16(3)22(25)24(4)14-17-9-7-6-8-10-17/h6-13,16H,5,14H2,1-4H3/t16-/m0/s1. The molecule has 1 heterocycles. The summed E-state index contributed by atoms with van der Waals surface area (Å²) in [6, 6.07) is 15.0. The van der Waals surface area contributed by atoms with E-state index in [2.05, 4.69) is 0 Å². The van der Waals surface area contributed by atoms with E-state index in [0.717, 1.165) is 10.9 Å². The van der Waals surface area contributed by atoms with Gasteiger partial charge in [0.25, 0.3) is 5.91 Å². The number of hydrogen-bond donors (Lipinski definition) is 0. The fraction of sp³-hybridized carbons (Fsp3) is 0.304. The van der Waals surface area contributed by atoms with Gasteiger partial charge in [0.15, 0.2) is 6.10 Å². The van der Waals surface area contributed by atoms with Crippen molar-refractivity contribution in [3.8, 4) is 5.75 Å². The van der Waals surface area contributed by atoms with Gasteiger partial charge in [0.1, 0.15) is 11.3 Å². The third kappa shape index (κ3) is 4.59. The van der Waals surface area contributed by atoms with E-state index in [4.69, 9.17) is 13.9 Å². The minimum Gasteiger partial charge on any atom is -0.494 e. The molecule has 0 saturated carbocycles. The lowest BCUT2D eigenvalue weighted by atomic mass is 10.1. The van der Waals surface area contributed by atoms with Gasteiger partial charge in [-0.15, -0.1) is 0 Å². The molecule has 1 atom stereocenters. The molecule has 2 aromatic carbocycles. The number of benzene rings is 2. The molecule has 0 bridgehead atoms. The Kier molecular flexibility index (Phi) is 6.22. The van der Waals surface area contributed by atoms with Crippen LogP contribution in [0.5, 0.6) is 5.75 Å². The molecular formula is C23H25NO5. The van der Waals surface area contributed by atoms with E-state index in [-0.39, 0.29) is 11.7 Å². The number of rotatable bonds is 7. The number of furan rings is 1. The molecule has 0 spiro atoms. The predicted molar refractivity (Wildman–Crippen MR) is 110 cm³/mol. The number of carbonyl (C=O) groups is 2. The first kappa shape index (κ1) is 20.5. The maximum Gasteiger partial charge on any atom is 0.375 e. The van der Waals surface area contributed by atoms with Crippen LogP contribution >= 0.6 is 0 Å². The van der Waals surface area contributed by atoms with Crippen LogP contribution in [0.2, 0.25) is 0 Å². The number of nitrogens with zero attached hydrogens (tertiary/aromatic N) is 1. The molecule has 0 N–H and O–H groups in total. The fourth-order valence-corrected chi connectivity index (χ4v) is 3.16. The van der Waals surface area contributed by atoms with Gasteiger partial charge in [0, 0.05) is 24.5 Å². The number of fused-ring (bicyclic) bond motifs is 1. The molecular weight excluding hydrogens is 370 g/mol.